The summed E-state index contributed by atoms with van der Waals surface area (Å²) in [6.07, 6.45) is 5.60. The van der Waals surface area contributed by atoms with Crippen molar-refractivity contribution in [3.8, 4) is 0 Å². The van der Waals surface area contributed by atoms with E-state index in [0.29, 0.717) is 0 Å². The number of aromatic nitrogens is 3. The number of aryl methyl sites for hydroxylation is 2. The molecule has 0 aromatic carbocycles. The van der Waals surface area contributed by atoms with E-state index in [9.17, 15) is 5.11 Å². The monoisotopic (exact) mass is 347 g/mol. The molecule has 1 saturated heterocycles. The first-order chi connectivity index (χ1) is 11.7. The Morgan fingerprint density at radius 2 is 2.29 bits per heavy atom. The predicted molar refractivity (Wildman–Crippen MR) is 97.9 cm³/mol. The average molecular weight is 347 g/mol. The number of nitrogens with zero attached hydrogens (tertiary/aromatic N) is 4. The maximum atomic E-state index is 9.47. The van der Waals surface area contributed by atoms with Gasteiger partial charge in [-0.1, -0.05) is 6.92 Å². The van der Waals surface area contributed by atoms with Crippen molar-refractivity contribution in [3.63, 3.8) is 0 Å². The fraction of sp³-hybridized carbons (Fsp3) is 0.588. The molecule has 1 aliphatic rings. The highest BCUT2D eigenvalue weighted by Gasteiger charge is 2.25. The van der Waals surface area contributed by atoms with Crippen molar-refractivity contribution in [2.75, 3.05) is 29.9 Å². The van der Waals surface area contributed by atoms with Crippen LogP contribution in [0.2, 0.25) is 0 Å². The lowest BCUT2D eigenvalue weighted by molar-refractivity contribution is 0.266. The lowest BCUT2D eigenvalue weighted by Crippen LogP contribution is -2.32. The third kappa shape index (κ3) is 3.84. The molecule has 0 unspecified atom stereocenters. The Hall–Kier alpha value is -1.73. The molecule has 2 N–H and O–H groups in total. The molecular weight excluding hydrogens is 322 g/mol. The second-order valence-corrected chi connectivity index (χ2v) is 7.36. The summed E-state index contributed by atoms with van der Waals surface area (Å²) in [5.41, 5.74) is 1.21. The van der Waals surface area contributed by atoms with Crippen LogP contribution in [0.15, 0.2) is 12.4 Å². The molecule has 130 valence electrons. The van der Waals surface area contributed by atoms with Crippen molar-refractivity contribution in [2.45, 2.75) is 45.6 Å². The van der Waals surface area contributed by atoms with Crippen LogP contribution in [-0.4, -0.2) is 45.8 Å². The zero-order chi connectivity index (χ0) is 16.9. The molecule has 0 spiro atoms. The molecule has 7 heteroatoms. The van der Waals surface area contributed by atoms with Crippen LogP contribution in [0.1, 0.15) is 35.3 Å². The summed E-state index contributed by atoms with van der Waals surface area (Å²) in [5.74, 6) is 1.72. The first-order valence-corrected chi connectivity index (χ1v) is 9.41. The van der Waals surface area contributed by atoms with E-state index in [0.717, 1.165) is 50.4 Å². The van der Waals surface area contributed by atoms with Gasteiger partial charge < -0.3 is 15.3 Å². The molecule has 0 saturated carbocycles. The summed E-state index contributed by atoms with van der Waals surface area (Å²) in [6, 6.07) is 2.15. The molecule has 1 fully saturated rings. The third-order valence-corrected chi connectivity index (χ3v) is 5.52. The summed E-state index contributed by atoms with van der Waals surface area (Å²) in [7, 11) is 0. The first kappa shape index (κ1) is 17.1. The Balaban J connectivity index is 1.58. The van der Waals surface area contributed by atoms with Gasteiger partial charge in [0, 0.05) is 30.5 Å². The van der Waals surface area contributed by atoms with Crippen LogP contribution in [0.25, 0.3) is 0 Å². The second kappa shape index (κ2) is 7.90. The van der Waals surface area contributed by atoms with E-state index in [2.05, 4.69) is 39.0 Å². The summed E-state index contributed by atoms with van der Waals surface area (Å²) < 4.78 is 0. The molecule has 3 heterocycles. The maximum Gasteiger partial charge on any atom is 0.134 e. The summed E-state index contributed by atoms with van der Waals surface area (Å²) in [4.78, 5) is 16.8. The fourth-order valence-electron chi connectivity index (χ4n) is 3.15. The second-order valence-electron chi connectivity index (χ2n) is 6.07. The molecule has 24 heavy (non-hydrogen) atoms. The molecule has 1 atom stereocenters. The summed E-state index contributed by atoms with van der Waals surface area (Å²) in [5, 5.41) is 14.0. The quantitative estimate of drug-likeness (QED) is 0.801. The lowest BCUT2D eigenvalue weighted by atomic mass is 10.2. The van der Waals surface area contributed by atoms with E-state index in [1.54, 1.807) is 17.7 Å². The minimum Gasteiger partial charge on any atom is -0.394 e. The van der Waals surface area contributed by atoms with Crippen LogP contribution in [0.5, 0.6) is 0 Å². The molecule has 2 aromatic rings. The molecule has 0 bridgehead atoms. The van der Waals surface area contributed by atoms with Gasteiger partial charge in [-0.3, -0.25) is 0 Å². The Morgan fingerprint density at radius 3 is 3.04 bits per heavy atom. The molecule has 1 aliphatic heterocycles. The largest absolute Gasteiger partial charge is 0.394 e. The highest BCUT2D eigenvalue weighted by molar-refractivity contribution is 7.11. The van der Waals surface area contributed by atoms with Crippen molar-refractivity contribution in [1.29, 1.82) is 0 Å². The van der Waals surface area contributed by atoms with Gasteiger partial charge in [-0.05, 0) is 26.2 Å². The predicted octanol–water partition coefficient (Wildman–Crippen LogP) is 2.42. The van der Waals surface area contributed by atoms with Crippen LogP contribution < -0.4 is 10.2 Å². The van der Waals surface area contributed by atoms with E-state index in [1.807, 2.05) is 6.07 Å². The minimum atomic E-state index is 0.177. The number of hydrogen-bond donors (Lipinski definition) is 2. The molecule has 0 aliphatic carbocycles. The third-order valence-electron chi connectivity index (χ3n) is 4.45. The molecular formula is C17H25N5OS. The number of thiazole rings is 1. The van der Waals surface area contributed by atoms with Crippen LogP contribution in [0.4, 0.5) is 11.6 Å². The van der Waals surface area contributed by atoms with Crippen molar-refractivity contribution in [3.05, 3.63) is 28.0 Å². The average Bonchev–Trinajstić information content (AvgIpc) is 3.21. The molecule has 0 radical (unpaired) electrons. The normalized spacial score (nSPS) is 17.5. The Bertz CT molecular complexity index is 675. The number of aliphatic hydroxyl groups is 1. The van der Waals surface area contributed by atoms with E-state index < -0.39 is 0 Å². The van der Waals surface area contributed by atoms with Gasteiger partial charge in [-0.2, -0.15) is 0 Å². The Morgan fingerprint density at radius 1 is 1.42 bits per heavy atom. The van der Waals surface area contributed by atoms with Crippen LogP contribution >= 0.6 is 11.3 Å². The standard InChI is InChI=1S/C17H25N5OS/c1-3-14-12(2)24-17(21-14)6-7-18-15-9-16(20-11-19-15)22-8-4-5-13(22)10-23/h9,11,13,23H,3-8,10H2,1-2H3,(H,18,19,20)/t13-/m1/s1. The first-order valence-electron chi connectivity index (χ1n) is 8.59. The number of rotatable bonds is 7. The number of anilines is 2. The van der Waals surface area contributed by atoms with Crippen LogP contribution in [0.3, 0.4) is 0 Å². The van der Waals surface area contributed by atoms with Crippen molar-refractivity contribution >= 4 is 23.0 Å². The highest BCUT2D eigenvalue weighted by Crippen LogP contribution is 2.24. The highest BCUT2D eigenvalue weighted by atomic mass is 32.1. The van der Waals surface area contributed by atoms with Gasteiger partial charge >= 0.3 is 0 Å². The van der Waals surface area contributed by atoms with Crippen molar-refractivity contribution in [2.24, 2.45) is 0 Å². The molecule has 2 aromatic heterocycles. The van der Waals surface area contributed by atoms with E-state index in [-0.39, 0.29) is 12.6 Å². The van der Waals surface area contributed by atoms with Gasteiger partial charge in [0.15, 0.2) is 0 Å². The number of hydrogen-bond acceptors (Lipinski definition) is 7. The van der Waals surface area contributed by atoms with E-state index in [1.165, 1.54) is 15.6 Å². The van der Waals surface area contributed by atoms with Crippen molar-refractivity contribution in [1.82, 2.24) is 15.0 Å². The van der Waals surface area contributed by atoms with Gasteiger partial charge in [0.2, 0.25) is 0 Å². The lowest BCUT2D eigenvalue weighted by Gasteiger charge is -2.24. The zero-order valence-electron chi connectivity index (χ0n) is 14.3. The summed E-state index contributed by atoms with van der Waals surface area (Å²) >= 11 is 1.78. The maximum absolute atomic E-state index is 9.47. The Kier molecular flexibility index (Phi) is 5.63. The minimum absolute atomic E-state index is 0.177. The molecule has 0 amide bonds. The molecule has 6 nitrogen and oxygen atoms in total. The van der Waals surface area contributed by atoms with Gasteiger partial charge in [-0.25, -0.2) is 15.0 Å². The Labute approximate surface area is 147 Å². The van der Waals surface area contributed by atoms with E-state index in [4.69, 9.17) is 0 Å². The number of aliphatic hydroxyl groups excluding tert-OH is 1. The SMILES string of the molecule is CCc1nc(CCNc2cc(N3CCC[C@@H]3CO)ncn2)sc1C. The summed E-state index contributed by atoms with van der Waals surface area (Å²) in [6.45, 7) is 6.20. The van der Waals surface area contributed by atoms with Crippen LogP contribution in [0, 0.1) is 6.92 Å². The van der Waals surface area contributed by atoms with Crippen molar-refractivity contribution < 1.29 is 5.11 Å². The smallest absolute Gasteiger partial charge is 0.134 e. The van der Waals surface area contributed by atoms with Gasteiger partial charge in [0.25, 0.3) is 0 Å². The van der Waals surface area contributed by atoms with Gasteiger partial charge in [0.05, 0.1) is 23.4 Å². The van der Waals surface area contributed by atoms with Crippen LogP contribution in [-0.2, 0) is 12.8 Å². The van der Waals surface area contributed by atoms with Gasteiger partial charge in [0.1, 0.15) is 18.0 Å². The molecule has 3 rings (SSSR count). The van der Waals surface area contributed by atoms with Gasteiger partial charge in [-0.15, -0.1) is 11.3 Å². The number of nitrogens with one attached hydrogen (secondary N) is 1. The van der Waals surface area contributed by atoms with E-state index >= 15 is 0 Å². The zero-order valence-corrected chi connectivity index (χ0v) is 15.1. The fourth-order valence-corrected chi connectivity index (χ4v) is 4.17. The topological polar surface area (TPSA) is 74.2 Å².